The van der Waals surface area contributed by atoms with Gasteiger partial charge >= 0.3 is 0 Å². The molecule has 0 saturated carbocycles. The van der Waals surface area contributed by atoms with Gasteiger partial charge in [0, 0.05) is 37.4 Å². The number of rotatable bonds is 14. The molecule has 10 heteroatoms. The van der Waals surface area contributed by atoms with E-state index in [1.165, 1.54) is 0 Å². The summed E-state index contributed by atoms with van der Waals surface area (Å²) in [4.78, 5) is 2.18. The molecule has 0 radical (unpaired) electrons. The van der Waals surface area contributed by atoms with E-state index >= 15 is 0 Å². The van der Waals surface area contributed by atoms with Crippen LogP contribution < -0.4 is 19.1 Å². The molecule has 1 unspecified atom stereocenters. The lowest BCUT2D eigenvalue weighted by Gasteiger charge is -2.28. The first-order valence-corrected chi connectivity index (χ1v) is 17.0. The molecule has 0 amide bonds. The molecule has 0 aliphatic carbocycles. The van der Waals surface area contributed by atoms with Crippen molar-refractivity contribution < 1.29 is 27.7 Å². The molecule has 1 aliphatic rings. The maximum Gasteiger partial charge on any atom is 0.232 e. The summed E-state index contributed by atoms with van der Waals surface area (Å²) < 4.78 is 45.0. The summed E-state index contributed by atoms with van der Waals surface area (Å²) in [6.07, 6.45) is 0.975. The van der Waals surface area contributed by atoms with Crippen molar-refractivity contribution in [3.63, 3.8) is 0 Å². The molecule has 1 saturated heterocycles. The van der Waals surface area contributed by atoms with Crippen LogP contribution in [0.15, 0.2) is 84.9 Å². The Kier molecular flexibility index (Phi) is 10.8. The Morgan fingerprint density at radius 3 is 2.28 bits per heavy atom. The van der Waals surface area contributed by atoms with Gasteiger partial charge in [0.25, 0.3) is 0 Å². The predicted octanol–water partition coefficient (Wildman–Crippen LogP) is 6.54. The van der Waals surface area contributed by atoms with Gasteiger partial charge < -0.3 is 24.2 Å². The zero-order valence-corrected chi connectivity index (χ0v) is 26.9. The van der Waals surface area contributed by atoms with Gasteiger partial charge in [0.05, 0.1) is 42.9 Å². The fourth-order valence-electron chi connectivity index (χ4n) is 5.26. The van der Waals surface area contributed by atoms with E-state index in [1.807, 2.05) is 67.6 Å². The van der Waals surface area contributed by atoms with E-state index in [4.69, 9.17) is 14.2 Å². The van der Waals surface area contributed by atoms with Crippen LogP contribution in [0.4, 0.5) is 11.4 Å². The predicted molar refractivity (Wildman–Crippen MR) is 179 cm³/mol. The standard InChI is InChI=1S/C36H39N3O6S/c1-3-46(41,42)38-35-5-4-6-36(26(35)2)39(21-28-9-7-27(20-37)8-10-28)22-29-11-13-32(14-12-29)45-34-18-31(23-40)17-33(19-34)44-25-30-15-16-43-24-30/h4-14,17-19,30,38,40H,3,15-16,21-25H2,1-2H3. The minimum absolute atomic E-state index is 0.0193. The molecule has 0 spiro atoms. The second-order valence-corrected chi connectivity index (χ2v) is 13.4. The number of anilines is 2. The Hall–Kier alpha value is -4.56. The van der Waals surface area contributed by atoms with E-state index in [2.05, 4.69) is 15.7 Å². The third-order valence-corrected chi connectivity index (χ3v) is 9.20. The number of nitrogens with one attached hydrogen (secondary N) is 1. The van der Waals surface area contributed by atoms with E-state index in [1.54, 1.807) is 31.2 Å². The second-order valence-electron chi connectivity index (χ2n) is 11.4. The van der Waals surface area contributed by atoms with Crippen LogP contribution in [0.3, 0.4) is 0 Å². The molecule has 0 bridgehead atoms. The molecule has 240 valence electrons. The van der Waals surface area contributed by atoms with Crippen molar-refractivity contribution in [2.75, 3.05) is 35.2 Å². The van der Waals surface area contributed by atoms with Gasteiger partial charge in [-0.25, -0.2) is 8.42 Å². The Balaban J connectivity index is 1.35. The number of hydrogen-bond donors (Lipinski definition) is 2. The summed E-state index contributed by atoms with van der Waals surface area (Å²) in [5, 5.41) is 19.0. The van der Waals surface area contributed by atoms with Crippen LogP contribution >= 0.6 is 0 Å². The van der Waals surface area contributed by atoms with Gasteiger partial charge in [0.2, 0.25) is 10.0 Å². The highest BCUT2D eigenvalue weighted by atomic mass is 32.2. The van der Waals surface area contributed by atoms with Crippen LogP contribution in [0.2, 0.25) is 0 Å². The summed E-state index contributed by atoms with van der Waals surface area (Å²) in [7, 11) is -3.45. The highest BCUT2D eigenvalue weighted by molar-refractivity contribution is 7.92. The molecular weight excluding hydrogens is 602 g/mol. The highest BCUT2D eigenvalue weighted by Crippen LogP contribution is 2.32. The van der Waals surface area contributed by atoms with Crippen LogP contribution in [0.1, 0.15) is 41.2 Å². The lowest BCUT2D eigenvalue weighted by molar-refractivity contribution is 0.167. The van der Waals surface area contributed by atoms with Gasteiger partial charge in [-0.2, -0.15) is 5.26 Å². The lowest BCUT2D eigenvalue weighted by Crippen LogP contribution is -2.24. The quantitative estimate of drug-likeness (QED) is 0.159. The number of sulfonamides is 1. The molecule has 1 fully saturated rings. The normalized spacial score (nSPS) is 14.4. The summed E-state index contributed by atoms with van der Waals surface area (Å²) in [5.41, 5.74) is 5.56. The van der Waals surface area contributed by atoms with Gasteiger partial charge in [-0.05, 0) is 91.1 Å². The van der Waals surface area contributed by atoms with Crippen molar-refractivity contribution in [3.05, 3.63) is 113 Å². The summed E-state index contributed by atoms with van der Waals surface area (Å²) in [6, 6.07) is 28.4. The van der Waals surface area contributed by atoms with Crippen LogP contribution in [0.5, 0.6) is 17.2 Å². The van der Waals surface area contributed by atoms with Crippen molar-refractivity contribution in [2.45, 2.75) is 40.0 Å². The number of benzene rings is 4. The van der Waals surface area contributed by atoms with E-state index < -0.39 is 10.0 Å². The number of ether oxygens (including phenoxy) is 3. The summed E-state index contributed by atoms with van der Waals surface area (Å²) >= 11 is 0. The minimum atomic E-state index is -3.45. The zero-order chi connectivity index (χ0) is 32.5. The topological polar surface area (TPSA) is 121 Å². The van der Waals surface area contributed by atoms with E-state index in [0.29, 0.717) is 66.3 Å². The Morgan fingerprint density at radius 2 is 1.65 bits per heavy atom. The number of aliphatic hydroxyl groups is 1. The van der Waals surface area contributed by atoms with Crippen molar-refractivity contribution in [1.82, 2.24) is 0 Å². The maximum absolute atomic E-state index is 12.4. The van der Waals surface area contributed by atoms with Crippen molar-refractivity contribution in [3.8, 4) is 23.3 Å². The maximum atomic E-state index is 12.4. The fraction of sp³-hybridized carbons (Fsp3) is 0.306. The monoisotopic (exact) mass is 641 g/mol. The molecule has 1 aliphatic heterocycles. The molecule has 0 aromatic heterocycles. The molecule has 4 aromatic rings. The summed E-state index contributed by atoms with van der Waals surface area (Å²) in [5.74, 6) is 2.19. The third kappa shape index (κ3) is 8.79. The van der Waals surface area contributed by atoms with Gasteiger partial charge in [-0.15, -0.1) is 0 Å². The summed E-state index contributed by atoms with van der Waals surface area (Å²) in [6.45, 7) is 6.47. The largest absolute Gasteiger partial charge is 0.493 e. The van der Waals surface area contributed by atoms with Crippen LogP contribution in [-0.4, -0.2) is 39.1 Å². The Bertz CT molecular complexity index is 1760. The van der Waals surface area contributed by atoms with Crippen LogP contribution in [-0.2, 0) is 34.5 Å². The van der Waals surface area contributed by atoms with Gasteiger partial charge in [0.1, 0.15) is 17.2 Å². The smallest absolute Gasteiger partial charge is 0.232 e. The van der Waals surface area contributed by atoms with Crippen molar-refractivity contribution >= 4 is 21.4 Å². The Labute approximate surface area is 271 Å². The molecule has 5 rings (SSSR count). The minimum Gasteiger partial charge on any atom is -0.493 e. The van der Waals surface area contributed by atoms with Crippen LogP contribution in [0.25, 0.3) is 0 Å². The zero-order valence-electron chi connectivity index (χ0n) is 26.1. The van der Waals surface area contributed by atoms with E-state index in [-0.39, 0.29) is 12.4 Å². The molecule has 1 heterocycles. The molecule has 9 nitrogen and oxygen atoms in total. The molecule has 4 aromatic carbocycles. The first-order valence-electron chi connectivity index (χ1n) is 15.3. The number of nitriles is 1. The van der Waals surface area contributed by atoms with Crippen molar-refractivity contribution in [2.24, 2.45) is 5.92 Å². The average molecular weight is 642 g/mol. The van der Waals surface area contributed by atoms with Crippen LogP contribution in [0, 0.1) is 24.2 Å². The lowest BCUT2D eigenvalue weighted by atomic mass is 10.1. The molecule has 1 atom stereocenters. The molecule has 2 N–H and O–H groups in total. The Morgan fingerprint density at radius 1 is 0.957 bits per heavy atom. The second kappa shape index (κ2) is 15.1. The SMILES string of the molecule is CCS(=O)(=O)Nc1cccc(N(Cc2ccc(C#N)cc2)Cc2ccc(Oc3cc(CO)cc(OCC4CCOC4)c3)cc2)c1C. The number of aliphatic hydroxyl groups excluding tert-OH is 1. The first kappa shape index (κ1) is 32.8. The number of hydrogen-bond acceptors (Lipinski definition) is 8. The average Bonchev–Trinajstić information content (AvgIpc) is 3.59. The molecule has 46 heavy (non-hydrogen) atoms. The highest BCUT2D eigenvalue weighted by Gasteiger charge is 2.18. The van der Waals surface area contributed by atoms with Gasteiger partial charge in [-0.3, -0.25) is 4.72 Å². The molecular formula is C36H39N3O6S. The first-order chi connectivity index (χ1) is 22.2. The van der Waals surface area contributed by atoms with E-state index in [9.17, 15) is 18.8 Å². The third-order valence-electron chi connectivity index (χ3n) is 7.91. The number of nitrogens with zero attached hydrogens (tertiary/aromatic N) is 2. The van der Waals surface area contributed by atoms with Gasteiger partial charge in [0.15, 0.2) is 0 Å². The van der Waals surface area contributed by atoms with Gasteiger partial charge in [-0.1, -0.05) is 30.3 Å². The van der Waals surface area contributed by atoms with E-state index in [0.717, 1.165) is 35.4 Å². The fourth-order valence-corrected chi connectivity index (χ4v) is 5.96. The van der Waals surface area contributed by atoms with Crippen molar-refractivity contribution in [1.29, 1.82) is 5.26 Å².